The molecule has 0 saturated carbocycles. The van der Waals surface area contributed by atoms with Gasteiger partial charge in [-0.25, -0.2) is 24.4 Å². The molecule has 0 aliphatic carbocycles. The number of fused-ring (bicyclic) bond motifs is 1. The van der Waals surface area contributed by atoms with Gasteiger partial charge in [0.15, 0.2) is 5.82 Å². The van der Waals surface area contributed by atoms with Gasteiger partial charge in [0.05, 0.1) is 34.7 Å². The first-order chi connectivity index (χ1) is 17.4. The highest BCUT2D eigenvalue weighted by molar-refractivity contribution is 5.82. The number of rotatable bonds is 5. The van der Waals surface area contributed by atoms with E-state index in [2.05, 4.69) is 27.0 Å². The summed E-state index contributed by atoms with van der Waals surface area (Å²) in [5.74, 6) is -0.0961. The largest absolute Gasteiger partial charge is 0.423 e. The summed E-state index contributed by atoms with van der Waals surface area (Å²) in [6.45, 7) is 4.45. The fourth-order valence-electron chi connectivity index (χ4n) is 3.33. The summed E-state index contributed by atoms with van der Waals surface area (Å²) >= 11 is 0. The van der Waals surface area contributed by atoms with Crippen molar-refractivity contribution < 1.29 is 17.6 Å². The van der Waals surface area contributed by atoms with Crippen molar-refractivity contribution in [2.75, 3.05) is 11.5 Å². The Kier molecular flexibility index (Phi) is 8.20. The number of hydrogen-bond donors (Lipinski definition) is 3. The van der Waals surface area contributed by atoms with Crippen molar-refractivity contribution in [2.45, 2.75) is 45.8 Å². The number of nitrogens with one attached hydrogen (secondary N) is 1. The van der Waals surface area contributed by atoms with Crippen LogP contribution < -0.4 is 22.6 Å². The molecule has 4 aromatic rings. The number of benzene rings is 1. The van der Waals surface area contributed by atoms with E-state index >= 15 is 0 Å². The van der Waals surface area contributed by atoms with Crippen LogP contribution in [0.3, 0.4) is 0 Å². The highest BCUT2D eigenvalue weighted by Gasteiger charge is 2.36. The van der Waals surface area contributed by atoms with Gasteiger partial charge in [-0.05, 0) is 25.5 Å². The third kappa shape index (κ3) is 6.26. The lowest BCUT2D eigenvalue weighted by molar-refractivity contribution is -0.138. The number of aryl methyl sites for hydroxylation is 2. The summed E-state index contributed by atoms with van der Waals surface area (Å²) in [7, 11) is 0. The van der Waals surface area contributed by atoms with Gasteiger partial charge in [-0.1, -0.05) is 19.8 Å². The average molecular weight is 520 g/mol. The Hall–Kier alpha value is -4.36. The van der Waals surface area contributed by atoms with Gasteiger partial charge in [0.25, 0.3) is 11.1 Å². The molecule has 0 bridgehead atoms. The van der Waals surface area contributed by atoms with Crippen LogP contribution in [0.5, 0.6) is 0 Å². The van der Waals surface area contributed by atoms with Crippen molar-refractivity contribution in [1.82, 2.24) is 29.7 Å². The Morgan fingerprint density at radius 2 is 1.81 bits per heavy atom. The Morgan fingerprint density at radius 1 is 1.08 bits per heavy atom. The zero-order valence-corrected chi connectivity index (χ0v) is 19.9. The van der Waals surface area contributed by atoms with E-state index in [1.807, 2.05) is 0 Å². The van der Waals surface area contributed by atoms with Crippen molar-refractivity contribution >= 4 is 22.4 Å². The van der Waals surface area contributed by atoms with E-state index < -0.39 is 28.8 Å². The van der Waals surface area contributed by atoms with Crippen molar-refractivity contribution in [3.05, 3.63) is 68.5 Å². The molecule has 0 aliphatic rings. The molecule has 3 heterocycles. The van der Waals surface area contributed by atoms with Gasteiger partial charge in [-0.2, -0.15) is 18.3 Å². The van der Waals surface area contributed by atoms with Crippen LogP contribution in [0, 0.1) is 12.7 Å². The van der Waals surface area contributed by atoms with Gasteiger partial charge >= 0.3 is 6.18 Å². The van der Waals surface area contributed by atoms with Gasteiger partial charge in [-0.3, -0.25) is 14.2 Å². The molecular formula is C23H24F4N8O2. The van der Waals surface area contributed by atoms with E-state index in [0.717, 1.165) is 31.0 Å². The lowest BCUT2D eigenvalue weighted by Crippen LogP contribution is -2.24. The molecule has 0 saturated heterocycles. The minimum absolute atomic E-state index is 0.176. The molecule has 14 heteroatoms. The molecule has 37 heavy (non-hydrogen) atoms. The Bertz CT molecular complexity index is 1530. The van der Waals surface area contributed by atoms with E-state index in [1.165, 1.54) is 23.0 Å². The summed E-state index contributed by atoms with van der Waals surface area (Å²) in [4.78, 5) is 35.6. The first-order valence-corrected chi connectivity index (χ1v) is 11.1. The lowest BCUT2D eigenvalue weighted by atomic mass is 10.1. The smallest absolute Gasteiger partial charge is 0.397 e. The fraction of sp³-hybridized carbons (Fsp3) is 0.304. The monoisotopic (exact) mass is 520 g/mol. The number of unbranched alkanes of at least 4 members (excludes halogenated alkanes) is 2. The summed E-state index contributed by atoms with van der Waals surface area (Å²) in [6, 6.07) is 2.70. The molecule has 5 N–H and O–H groups in total. The van der Waals surface area contributed by atoms with E-state index in [0.29, 0.717) is 17.9 Å². The zero-order chi connectivity index (χ0) is 27.3. The minimum atomic E-state index is -4.74. The minimum Gasteiger partial charge on any atom is -0.397 e. The predicted molar refractivity (Wildman–Crippen MR) is 130 cm³/mol. The molecule has 4 rings (SSSR count). The quantitative estimate of drug-likeness (QED) is 0.267. The maximum Gasteiger partial charge on any atom is 0.423 e. The Morgan fingerprint density at radius 3 is 2.41 bits per heavy atom. The summed E-state index contributed by atoms with van der Waals surface area (Å²) in [5, 5.41) is 4.99. The molecule has 10 nitrogen and oxygen atoms in total. The molecule has 0 fully saturated rings. The van der Waals surface area contributed by atoms with Crippen molar-refractivity contribution in [3.63, 3.8) is 0 Å². The van der Waals surface area contributed by atoms with Crippen LogP contribution in [0.1, 0.15) is 37.3 Å². The molecule has 0 amide bonds. The van der Waals surface area contributed by atoms with Gasteiger partial charge < -0.3 is 11.5 Å². The van der Waals surface area contributed by atoms with Gasteiger partial charge in [0.1, 0.15) is 17.2 Å². The van der Waals surface area contributed by atoms with Gasteiger partial charge in [-0.15, -0.1) is 0 Å². The van der Waals surface area contributed by atoms with Crippen LogP contribution in [-0.2, 0) is 12.7 Å². The highest BCUT2D eigenvalue weighted by atomic mass is 19.4. The third-order valence-corrected chi connectivity index (χ3v) is 5.34. The van der Waals surface area contributed by atoms with Gasteiger partial charge in [0, 0.05) is 18.3 Å². The fourth-order valence-corrected chi connectivity index (χ4v) is 3.33. The van der Waals surface area contributed by atoms with E-state index in [-0.39, 0.29) is 22.3 Å². The topological polar surface area (TPSA) is 158 Å². The standard InChI is InChI=1S/C18H20FN5O.C5H4F3N3O/c1-3-4-5-6-24-10-22-15-8-12(14(19)7-13(15)18(24)25)17-21-9-11(2)16(20)23-17;6-5(7,8)3-2(9)1-10-11-4(3)12/h7-10H,3-6H2,1-2H3,(H2,20,21,23);1H,(H3,9,11,12). The molecule has 0 unspecified atom stereocenters. The number of aromatic amines is 1. The normalized spacial score (nSPS) is 11.3. The molecule has 0 spiro atoms. The molecule has 1 aromatic carbocycles. The summed E-state index contributed by atoms with van der Waals surface area (Å²) in [5.41, 5.74) is 8.34. The van der Waals surface area contributed by atoms with E-state index in [9.17, 15) is 27.2 Å². The van der Waals surface area contributed by atoms with Crippen LogP contribution in [0.4, 0.5) is 29.1 Å². The van der Waals surface area contributed by atoms with Crippen molar-refractivity contribution in [1.29, 1.82) is 0 Å². The molecule has 0 radical (unpaired) electrons. The molecule has 0 atom stereocenters. The Balaban J connectivity index is 0.000000266. The predicted octanol–water partition coefficient (Wildman–Crippen LogP) is 3.44. The van der Waals surface area contributed by atoms with Crippen LogP contribution in [0.15, 0.2) is 40.4 Å². The second-order valence-electron chi connectivity index (χ2n) is 8.09. The number of nitrogens with two attached hydrogens (primary N) is 2. The number of hydrogen-bond acceptors (Lipinski definition) is 8. The van der Waals surface area contributed by atoms with Crippen LogP contribution in [-0.4, -0.2) is 29.7 Å². The number of nitrogen functional groups attached to an aromatic ring is 2. The maximum absolute atomic E-state index is 14.6. The third-order valence-electron chi connectivity index (χ3n) is 5.34. The van der Waals surface area contributed by atoms with Crippen LogP contribution in [0.25, 0.3) is 22.3 Å². The second-order valence-corrected chi connectivity index (χ2v) is 8.09. The highest BCUT2D eigenvalue weighted by Crippen LogP contribution is 2.29. The molecule has 3 aromatic heterocycles. The zero-order valence-electron chi connectivity index (χ0n) is 19.9. The van der Waals surface area contributed by atoms with Crippen LogP contribution >= 0.6 is 0 Å². The number of nitrogens with zero attached hydrogens (tertiary/aromatic N) is 5. The summed E-state index contributed by atoms with van der Waals surface area (Å²) < 4.78 is 52.0. The van der Waals surface area contributed by atoms with E-state index in [1.54, 1.807) is 18.2 Å². The molecule has 196 valence electrons. The SMILES string of the molecule is CCCCCn1cnc2cc(-c3ncc(C)c(N)n3)c(F)cc2c1=O.Nc1cn[nH]c(=O)c1C(F)(F)F. The van der Waals surface area contributed by atoms with Crippen LogP contribution in [0.2, 0.25) is 0 Å². The molecule has 0 aliphatic heterocycles. The number of anilines is 2. The van der Waals surface area contributed by atoms with E-state index in [4.69, 9.17) is 11.5 Å². The number of halogens is 4. The first-order valence-electron chi connectivity index (χ1n) is 11.1. The number of H-pyrrole nitrogens is 1. The second kappa shape index (κ2) is 11.1. The first kappa shape index (κ1) is 27.2. The van der Waals surface area contributed by atoms with Crippen molar-refractivity contribution in [3.8, 4) is 11.4 Å². The number of aromatic nitrogens is 6. The Labute approximate surface area is 207 Å². The lowest BCUT2D eigenvalue weighted by Gasteiger charge is -2.09. The maximum atomic E-state index is 14.6. The summed E-state index contributed by atoms with van der Waals surface area (Å²) in [6.07, 6.45) is 2.04. The average Bonchev–Trinajstić information content (AvgIpc) is 2.82. The molecular weight excluding hydrogens is 496 g/mol. The van der Waals surface area contributed by atoms with Crippen molar-refractivity contribution in [2.24, 2.45) is 0 Å². The van der Waals surface area contributed by atoms with Gasteiger partial charge in [0.2, 0.25) is 0 Å². The number of alkyl halides is 3.